The molecule has 104 valence electrons. The van der Waals surface area contributed by atoms with Gasteiger partial charge in [0.25, 0.3) is 0 Å². The molecule has 0 radical (unpaired) electrons. The van der Waals surface area contributed by atoms with Crippen LogP contribution in [0, 0.1) is 5.41 Å². The minimum atomic E-state index is 0.0285. The van der Waals surface area contributed by atoms with E-state index in [2.05, 4.69) is 10.1 Å². The summed E-state index contributed by atoms with van der Waals surface area (Å²) >= 11 is 0. The number of pyridine rings is 1. The molecule has 0 aliphatic heterocycles. The van der Waals surface area contributed by atoms with Gasteiger partial charge in [0.15, 0.2) is 0 Å². The Kier molecular flexibility index (Phi) is 3.18. The Bertz CT molecular complexity index is 645. The molecule has 1 aliphatic carbocycles. The molecule has 0 bridgehead atoms. The summed E-state index contributed by atoms with van der Waals surface area (Å²) < 4.78 is 5.96. The number of fused-ring (bicyclic) bond motifs is 1. The van der Waals surface area contributed by atoms with Crippen LogP contribution < -0.4 is 10.5 Å². The Morgan fingerprint density at radius 3 is 2.95 bits per heavy atom. The van der Waals surface area contributed by atoms with Crippen LogP contribution in [0.3, 0.4) is 0 Å². The number of rotatable bonds is 5. The summed E-state index contributed by atoms with van der Waals surface area (Å²) in [7, 11) is 0. The highest BCUT2D eigenvalue weighted by Gasteiger charge is 2.44. The predicted molar refractivity (Wildman–Crippen MR) is 76.9 cm³/mol. The van der Waals surface area contributed by atoms with Crippen LogP contribution in [0.2, 0.25) is 0 Å². The number of hydrogen-bond donors (Lipinski definition) is 2. The second-order valence-corrected chi connectivity index (χ2v) is 5.38. The lowest BCUT2D eigenvalue weighted by Gasteiger charge is -2.16. The monoisotopic (exact) mass is 271 g/mol. The maximum Gasteiger partial charge on any atom is 0.139 e. The van der Waals surface area contributed by atoms with Crippen LogP contribution in [0.15, 0.2) is 41.7 Å². The number of aromatic nitrogens is 1. The minimum absolute atomic E-state index is 0.0285. The maximum atomic E-state index is 8.67. The Labute approximate surface area is 117 Å². The zero-order valence-electron chi connectivity index (χ0n) is 11.1. The van der Waals surface area contributed by atoms with E-state index in [1.807, 2.05) is 30.3 Å². The molecule has 1 aromatic carbocycles. The average molecular weight is 271 g/mol. The van der Waals surface area contributed by atoms with Gasteiger partial charge in [-0.15, -0.1) is 0 Å². The highest BCUT2D eigenvalue weighted by atomic mass is 16.5. The zero-order valence-corrected chi connectivity index (χ0v) is 11.1. The van der Waals surface area contributed by atoms with Crippen molar-refractivity contribution in [1.82, 2.24) is 4.98 Å². The topological polar surface area (TPSA) is 80.7 Å². The van der Waals surface area contributed by atoms with Gasteiger partial charge < -0.3 is 15.7 Å². The Morgan fingerprint density at radius 1 is 1.35 bits per heavy atom. The summed E-state index contributed by atoms with van der Waals surface area (Å²) in [6, 6.07) is 9.75. The Hall–Kier alpha value is -2.30. The van der Waals surface area contributed by atoms with Crippen LogP contribution in [0.4, 0.5) is 0 Å². The van der Waals surface area contributed by atoms with Gasteiger partial charge in [-0.25, -0.2) is 0 Å². The molecule has 3 rings (SSSR count). The molecule has 0 saturated heterocycles. The fraction of sp³-hybridized carbons (Fsp3) is 0.333. The summed E-state index contributed by atoms with van der Waals surface area (Å²) in [5.74, 6) is 1.10. The van der Waals surface area contributed by atoms with Crippen molar-refractivity contribution >= 4 is 16.7 Å². The average Bonchev–Trinajstić information content (AvgIpc) is 3.25. The summed E-state index contributed by atoms with van der Waals surface area (Å²) in [6.45, 7) is 0.581. The number of nitrogens with zero attached hydrogens (tertiary/aromatic N) is 2. The van der Waals surface area contributed by atoms with Crippen molar-refractivity contribution < 1.29 is 9.94 Å². The van der Waals surface area contributed by atoms with Crippen molar-refractivity contribution in [2.75, 3.05) is 6.61 Å². The van der Waals surface area contributed by atoms with E-state index in [4.69, 9.17) is 15.7 Å². The van der Waals surface area contributed by atoms with Gasteiger partial charge in [0.2, 0.25) is 0 Å². The largest absolute Gasteiger partial charge is 0.492 e. The molecule has 1 aromatic heterocycles. The van der Waals surface area contributed by atoms with E-state index in [9.17, 15) is 0 Å². The second-order valence-electron chi connectivity index (χ2n) is 5.38. The van der Waals surface area contributed by atoms with Gasteiger partial charge in [-0.3, -0.25) is 4.98 Å². The molecule has 1 aliphatic rings. The van der Waals surface area contributed by atoms with Gasteiger partial charge in [0, 0.05) is 23.4 Å². The van der Waals surface area contributed by atoms with Crippen LogP contribution >= 0.6 is 0 Å². The lowest BCUT2D eigenvalue weighted by molar-refractivity contribution is 0.238. The quantitative estimate of drug-likeness (QED) is 0.379. The fourth-order valence-corrected chi connectivity index (χ4v) is 2.40. The predicted octanol–water partition coefficient (Wildman–Crippen LogP) is 2.53. The van der Waals surface area contributed by atoms with Gasteiger partial charge in [-0.1, -0.05) is 11.2 Å². The lowest BCUT2D eigenvalue weighted by Crippen LogP contribution is -2.22. The minimum Gasteiger partial charge on any atom is -0.492 e. The normalized spacial score (nSPS) is 17.1. The SMILES string of the molecule is N/C(CC1(COc2cccc3ncccc23)CC1)=N/O. The summed E-state index contributed by atoms with van der Waals surface area (Å²) in [5, 5.41) is 12.7. The number of benzene rings is 1. The van der Waals surface area contributed by atoms with E-state index in [1.54, 1.807) is 6.20 Å². The third kappa shape index (κ3) is 2.52. The molecule has 1 saturated carbocycles. The molecule has 2 aromatic rings. The number of amidine groups is 1. The van der Waals surface area contributed by atoms with Crippen molar-refractivity contribution in [1.29, 1.82) is 0 Å². The molecule has 1 heterocycles. The Morgan fingerprint density at radius 2 is 2.20 bits per heavy atom. The first kappa shape index (κ1) is 12.7. The van der Waals surface area contributed by atoms with Crippen LogP contribution in [0.1, 0.15) is 19.3 Å². The summed E-state index contributed by atoms with van der Waals surface area (Å²) in [4.78, 5) is 4.31. The molecular formula is C15H17N3O2. The number of oxime groups is 1. The summed E-state index contributed by atoms with van der Waals surface area (Å²) in [6.07, 6.45) is 4.44. The van der Waals surface area contributed by atoms with Gasteiger partial charge >= 0.3 is 0 Å². The van der Waals surface area contributed by atoms with E-state index < -0.39 is 0 Å². The van der Waals surface area contributed by atoms with Gasteiger partial charge in [-0.05, 0) is 37.1 Å². The smallest absolute Gasteiger partial charge is 0.139 e. The van der Waals surface area contributed by atoms with E-state index in [0.29, 0.717) is 13.0 Å². The van der Waals surface area contributed by atoms with Crippen LogP contribution in [0.25, 0.3) is 10.9 Å². The zero-order chi connectivity index (χ0) is 14.0. The molecule has 0 amide bonds. The van der Waals surface area contributed by atoms with Gasteiger partial charge in [0.1, 0.15) is 11.6 Å². The van der Waals surface area contributed by atoms with Crippen LogP contribution in [-0.4, -0.2) is 22.6 Å². The molecular weight excluding hydrogens is 254 g/mol. The summed E-state index contributed by atoms with van der Waals surface area (Å²) in [5.41, 5.74) is 6.54. The third-order valence-electron chi connectivity index (χ3n) is 3.78. The van der Waals surface area contributed by atoms with Crippen LogP contribution in [0.5, 0.6) is 5.75 Å². The fourth-order valence-electron chi connectivity index (χ4n) is 2.40. The van der Waals surface area contributed by atoms with E-state index in [-0.39, 0.29) is 11.3 Å². The molecule has 20 heavy (non-hydrogen) atoms. The first-order chi connectivity index (χ1) is 9.72. The number of hydrogen-bond acceptors (Lipinski definition) is 4. The van der Waals surface area contributed by atoms with Gasteiger partial charge in [-0.2, -0.15) is 0 Å². The molecule has 0 unspecified atom stereocenters. The Balaban J connectivity index is 1.75. The van der Waals surface area contributed by atoms with E-state index >= 15 is 0 Å². The van der Waals surface area contributed by atoms with Crippen molar-refractivity contribution in [3.8, 4) is 5.75 Å². The first-order valence-corrected chi connectivity index (χ1v) is 6.65. The van der Waals surface area contributed by atoms with Crippen molar-refractivity contribution in [3.05, 3.63) is 36.5 Å². The first-order valence-electron chi connectivity index (χ1n) is 6.65. The highest BCUT2D eigenvalue weighted by molar-refractivity contribution is 5.84. The molecule has 3 N–H and O–H groups in total. The van der Waals surface area contributed by atoms with Crippen molar-refractivity contribution in [2.45, 2.75) is 19.3 Å². The highest BCUT2D eigenvalue weighted by Crippen LogP contribution is 2.49. The van der Waals surface area contributed by atoms with Crippen LogP contribution in [-0.2, 0) is 0 Å². The van der Waals surface area contributed by atoms with Crippen molar-refractivity contribution in [3.63, 3.8) is 0 Å². The number of ether oxygens (including phenoxy) is 1. The maximum absolute atomic E-state index is 8.67. The molecule has 0 spiro atoms. The number of nitrogens with two attached hydrogens (primary N) is 1. The second kappa shape index (κ2) is 5.00. The van der Waals surface area contributed by atoms with E-state index in [1.165, 1.54) is 0 Å². The van der Waals surface area contributed by atoms with E-state index in [0.717, 1.165) is 29.5 Å². The van der Waals surface area contributed by atoms with Crippen molar-refractivity contribution in [2.24, 2.45) is 16.3 Å². The molecule has 5 heteroatoms. The molecule has 5 nitrogen and oxygen atoms in total. The molecule has 1 fully saturated rings. The van der Waals surface area contributed by atoms with Gasteiger partial charge in [0.05, 0.1) is 12.1 Å². The molecule has 0 atom stereocenters. The standard InChI is InChI=1S/C15H17N3O2/c16-14(18-19)9-15(6-7-15)10-20-13-5-1-4-12-11(13)3-2-8-17-12/h1-5,8,19H,6-7,9-10H2,(H2,16,18). The third-order valence-corrected chi connectivity index (χ3v) is 3.78. The lowest BCUT2D eigenvalue weighted by atomic mass is 10.0.